The molecule has 2 aromatic heterocycles. The lowest BCUT2D eigenvalue weighted by molar-refractivity contribution is -0.0515. The molecule has 3 atom stereocenters. The Morgan fingerprint density at radius 2 is 2.42 bits per heavy atom. The number of fused-ring (bicyclic) bond motifs is 1. The molecule has 0 saturated carbocycles. The monoisotopic (exact) mass is 265 g/mol. The molecular formula is C11H15N5O3. The van der Waals surface area contributed by atoms with Crippen LogP contribution >= 0.6 is 0 Å². The Labute approximate surface area is 108 Å². The summed E-state index contributed by atoms with van der Waals surface area (Å²) in [6, 6.07) is 0. The Balaban J connectivity index is 2.00. The number of aliphatic hydroxyl groups is 1. The number of aliphatic hydroxyl groups excluding tert-OH is 1. The summed E-state index contributed by atoms with van der Waals surface area (Å²) in [6.07, 6.45) is 1.98. The number of imidazole rings is 1. The molecule has 1 aliphatic heterocycles. The fourth-order valence-electron chi connectivity index (χ4n) is 2.36. The Morgan fingerprint density at radius 3 is 3.11 bits per heavy atom. The fourth-order valence-corrected chi connectivity index (χ4v) is 2.36. The lowest BCUT2D eigenvalue weighted by Gasteiger charge is -2.16. The molecular weight excluding hydrogens is 250 g/mol. The summed E-state index contributed by atoms with van der Waals surface area (Å²) < 4.78 is 7.42. The van der Waals surface area contributed by atoms with Gasteiger partial charge in [0.05, 0.1) is 18.5 Å². The Kier molecular flexibility index (Phi) is 2.76. The maximum absolute atomic E-state index is 11.7. The minimum absolute atomic E-state index is 0.0457. The number of hydrogen-bond donors (Lipinski definition) is 3. The maximum atomic E-state index is 11.7. The van der Waals surface area contributed by atoms with Crippen molar-refractivity contribution in [1.29, 1.82) is 0 Å². The van der Waals surface area contributed by atoms with Crippen molar-refractivity contribution >= 4 is 17.1 Å². The van der Waals surface area contributed by atoms with Gasteiger partial charge in [0, 0.05) is 0 Å². The van der Waals surface area contributed by atoms with Gasteiger partial charge in [-0.25, -0.2) is 4.98 Å². The van der Waals surface area contributed by atoms with Crippen LogP contribution in [0.5, 0.6) is 0 Å². The van der Waals surface area contributed by atoms with Crippen LogP contribution < -0.4 is 11.3 Å². The summed E-state index contributed by atoms with van der Waals surface area (Å²) >= 11 is 0. The smallest absolute Gasteiger partial charge is 0.280 e. The van der Waals surface area contributed by atoms with Crippen LogP contribution in [0.15, 0.2) is 11.1 Å². The molecule has 1 aliphatic rings. The molecule has 3 rings (SSSR count). The molecule has 0 radical (unpaired) electrons. The average Bonchev–Trinajstić information content (AvgIpc) is 2.93. The third-order valence-corrected chi connectivity index (χ3v) is 3.33. The predicted octanol–water partition coefficient (Wildman–Crippen LogP) is -0.240. The maximum Gasteiger partial charge on any atom is 0.280 e. The topological polar surface area (TPSA) is 119 Å². The van der Waals surface area contributed by atoms with Gasteiger partial charge in [-0.15, -0.1) is 0 Å². The van der Waals surface area contributed by atoms with E-state index in [0.29, 0.717) is 5.65 Å². The fraction of sp³-hybridized carbons (Fsp3) is 0.545. The molecule has 102 valence electrons. The molecule has 2 aromatic rings. The highest BCUT2D eigenvalue weighted by atomic mass is 16.5. The molecule has 0 aromatic carbocycles. The number of nitrogens with zero attached hydrogens (tertiary/aromatic N) is 3. The van der Waals surface area contributed by atoms with Crippen molar-refractivity contribution in [1.82, 2.24) is 19.5 Å². The van der Waals surface area contributed by atoms with Crippen LogP contribution in [-0.4, -0.2) is 36.8 Å². The number of nitrogens with two attached hydrogens (primary N) is 1. The van der Waals surface area contributed by atoms with Crippen molar-refractivity contribution in [2.45, 2.75) is 38.2 Å². The van der Waals surface area contributed by atoms with Gasteiger partial charge in [-0.05, 0) is 19.8 Å². The van der Waals surface area contributed by atoms with Gasteiger partial charge in [-0.3, -0.25) is 14.3 Å². The summed E-state index contributed by atoms with van der Waals surface area (Å²) in [6.45, 7) is 1.69. The van der Waals surface area contributed by atoms with Crippen LogP contribution in [0.1, 0.15) is 26.0 Å². The summed E-state index contributed by atoms with van der Waals surface area (Å²) in [5.74, 6) is 0.0457. The number of H-pyrrole nitrogens is 1. The minimum atomic E-state index is -0.527. The number of nitrogens with one attached hydrogen (secondary N) is 1. The molecule has 1 saturated heterocycles. The van der Waals surface area contributed by atoms with Crippen molar-refractivity contribution in [3.05, 3.63) is 16.7 Å². The van der Waals surface area contributed by atoms with Crippen molar-refractivity contribution in [2.75, 3.05) is 5.73 Å². The van der Waals surface area contributed by atoms with E-state index in [9.17, 15) is 9.90 Å². The van der Waals surface area contributed by atoms with Crippen LogP contribution in [-0.2, 0) is 4.74 Å². The molecule has 1 fully saturated rings. The van der Waals surface area contributed by atoms with Crippen molar-refractivity contribution < 1.29 is 9.84 Å². The van der Waals surface area contributed by atoms with Gasteiger partial charge >= 0.3 is 0 Å². The number of nitrogen functional groups attached to an aromatic ring is 1. The van der Waals surface area contributed by atoms with E-state index in [1.807, 2.05) is 0 Å². The second-order valence-electron chi connectivity index (χ2n) is 4.72. The zero-order chi connectivity index (χ0) is 13.6. The summed E-state index contributed by atoms with van der Waals surface area (Å²) in [7, 11) is 0. The summed E-state index contributed by atoms with van der Waals surface area (Å²) in [5, 5.41) is 9.53. The lowest BCUT2D eigenvalue weighted by Crippen LogP contribution is -2.22. The van der Waals surface area contributed by atoms with E-state index in [4.69, 9.17) is 10.5 Å². The summed E-state index contributed by atoms with van der Waals surface area (Å²) in [4.78, 5) is 22.2. The largest absolute Gasteiger partial charge is 0.391 e. The quantitative estimate of drug-likeness (QED) is 0.689. The number of ether oxygens (including phenoxy) is 1. The molecule has 4 N–H and O–H groups in total. The van der Waals surface area contributed by atoms with E-state index in [2.05, 4.69) is 15.0 Å². The normalized spacial score (nSPS) is 24.9. The number of aromatic nitrogens is 4. The molecule has 0 aliphatic carbocycles. The molecule has 1 unspecified atom stereocenters. The molecule has 0 bridgehead atoms. The average molecular weight is 265 g/mol. The third-order valence-electron chi connectivity index (χ3n) is 3.33. The lowest BCUT2D eigenvalue weighted by atomic mass is 10.1. The van der Waals surface area contributed by atoms with Gasteiger partial charge in [0.1, 0.15) is 6.23 Å². The number of rotatable bonds is 2. The zero-order valence-electron chi connectivity index (χ0n) is 10.4. The van der Waals surface area contributed by atoms with Gasteiger partial charge in [0.25, 0.3) is 5.56 Å². The van der Waals surface area contributed by atoms with E-state index >= 15 is 0 Å². The van der Waals surface area contributed by atoms with Crippen LogP contribution in [0.25, 0.3) is 11.2 Å². The van der Waals surface area contributed by atoms with E-state index < -0.39 is 6.10 Å². The molecule has 8 nitrogen and oxygen atoms in total. The third kappa shape index (κ3) is 1.98. The van der Waals surface area contributed by atoms with Gasteiger partial charge in [0.2, 0.25) is 5.95 Å². The molecule has 8 heteroatoms. The molecule has 19 heavy (non-hydrogen) atoms. The number of aromatic amines is 1. The van der Waals surface area contributed by atoms with Crippen molar-refractivity contribution in [3.63, 3.8) is 0 Å². The standard InChI is InChI=1S/C11H15N5O3/c1-5(17)6-2-3-7(19-6)16-4-13-8-9(16)14-11(12)15-10(8)18/h4-7,17H,2-3H2,1H3,(H3,12,14,15,18)/t5-,6?,7+/m0/s1. The minimum Gasteiger partial charge on any atom is -0.391 e. The van der Waals surface area contributed by atoms with Crippen LogP contribution in [0.4, 0.5) is 5.95 Å². The van der Waals surface area contributed by atoms with E-state index in [-0.39, 0.29) is 29.4 Å². The molecule has 0 spiro atoms. The second-order valence-corrected chi connectivity index (χ2v) is 4.72. The first-order valence-electron chi connectivity index (χ1n) is 6.12. The van der Waals surface area contributed by atoms with Crippen LogP contribution in [0, 0.1) is 0 Å². The van der Waals surface area contributed by atoms with Gasteiger partial charge < -0.3 is 15.6 Å². The van der Waals surface area contributed by atoms with Crippen LogP contribution in [0.2, 0.25) is 0 Å². The van der Waals surface area contributed by atoms with E-state index in [0.717, 1.165) is 12.8 Å². The second kappa shape index (κ2) is 4.32. The highest BCUT2D eigenvalue weighted by Gasteiger charge is 2.30. The Morgan fingerprint density at radius 1 is 1.63 bits per heavy atom. The first-order chi connectivity index (χ1) is 9.06. The SMILES string of the molecule is C[C@H](O)C1CC[C@H](n2cnc3c(=O)[nH]c(N)nc32)O1. The van der Waals surface area contributed by atoms with Crippen LogP contribution in [0.3, 0.4) is 0 Å². The predicted molar refractivity (Wildman–Crippen MR) is 67.4 cm³/mol. The van der Waals surface area contributed by atoms with Gasteiger partial charge in [0.15, 0.2) is 11.2 Å². The number of anilines is 1. The van der Waals surface area contributed by atoms with Crippen molar-refractivity contribution in [3.8, 4) is 0 Å². The Hall–Kier alpha value is -1.93. The van der Waals surface area contributed by atoms with E-state index in [1.54, 1.807) is 11.5 Å². The van der Waals surface area contributed by atoms with Crippen molar-refractivity contribution in [2.24, 2.45) is 0 Å². The van der Waals surface area contributed by atoms with Gasteiger partial charge in [-0.1, -0.05) is 0 Å². The first kappa shape index (κ1) is 12.1. The van der Waals surface area contributed by atoms with Gasteiger partial charge in [-0.2, -0.15) is 4.98 Å². The molecule has 3 heterocycles. The Bertz CT molecular complexity index is 662. The summed E-state index contributed by atoms with van der Waals surface area (Å²) in [5.41, 5.74) is 5.80. The highest BCUT2D eigenvalue weighted by Crippen LogP contribution is 2.31. The number of hydrogen-bond acceptors (Lipinski definition) is 6. The zero-order valence-corrected chi connectivity index (χ0v) is 10.4. The highest BCUT2D eigenvalue weighted by molar-refractivity contribution is 5.70. The van der Waals surface area contributed by atoms with E-state index in [1.165, 1.54) is 6.33 Å². The first-order valence-corrected chi connectivity index (χ1v) is 6.12. The molecule has 0 amide bonds.